The average Bonchev–Trinajstić information content (AvgIpc) is 2.28. The van der Waals surface area contributed by atoms with Crippen molar-refractivity contribution in [2.24, 2.45) is 0 Å². The molecule has 4 nitrogen and oxygen atoms in total. The van der Waals surface area contributed by atoms with Crippen molar-refractivity contribution in [2.45, 2.75) is 30.7 Å². The normalized spacial score (nSPS) is 13.0. The van der Waals surface area contributed by atoms with Crippen molar-refractivity contribution in [2.75, 3.05) is 0 Å². The van der Waals surface area contributed by atoms with Gasteiger partial charge in [0.2, 0.25) is 10.0 Å². The van der Waals surface area contributed by atoms with Crippen molar-refractivity contribution >= 4 is 21.6 Å². The van der Waals surface area contributed by atoms with Crippen LogP contribution >= 0.6 is 11.6 Å². The van der Waals surface area contributed by atoms with Crippen LogP contribution in [0, 0.1) is 12.3 Å². The zero-order valence-corrected chi connectivity index (χ0v) is 10.9. The number of hydrogen-bond donors (Lipinski definition) is 1. The summed E-state index contributed by atoms with van der Waals surface area (Å²) in [4.78, 5) is 3.70. The molecule has 1 aromatic rings. The molecule has 0 bridgehead atoms. The molecule has 92 valence electrons. The summed E-state index contributed by atoms with van der Waals surface area (Å²) >= 11 is 5.74. The van der Waals surface area contributed by atoms with Gasteiger partial charge >= 0.3 is 0 Å². The second-order valence-corrected chi connectivity index (χ2v) is 5.47. The number of nitrogens with one attached hydrogen (secondary N) is 1. The fourth-order valence-corrected chi connectivity index (χ4v) is 3.04. The maximum absolute atomic E-state index is 12.0. The summed E-state index contributed by atoms with van der Waals surface area (Å²) in [5.74, 6) is 2.43. The number of rotatable bonds is 5. The van der Waals surface area contributed by atoms with Crippen LogP contribution in [-0.4, -0.2) is 19.4 Å². The van der Waals surface area contributed by atoms with Crippen LogP contribution in [0.3, 0.4) is 0 Å². The molecule has 1 atom stereocenters. The fraction of sp³-hybridized carbons (Fsp3) is 0.364. The monoisotopic (exact) mass is 272 g/mol. The Morgan fingerprint density at radius 3 is 2.88 bits per heavy atom. The first-order chi connectivity index (χ1) is 8.01. The Morgan fingerprint density at radius 1 is 1.65 bits per heavy atom. The van der Waals surface area contributed by atoms with Gasteiger partial charge in [-0.1, -0.05) is 18.5 Å². The van der Waals surface area contributed by atoms with Gasteiger partial charge in [0.1, 0.15) is 10.0 Å². The number of sulfonamides is 1. The minimum Gasteiger partial charge on any atom is -0.243 e. The minimum absolute atomic E-state index is 0.0304. The lowest BCUT2D eigenvalue weighted by atomic mass is 10.2. The van der Waals surface area contributed by atoms with Crippen molar-refractivity contribution in [3.63, 3.8) is 0 Å². The molecule has 0 saturated heterocycles. The van der Waals surface area contributed by atoms with Gasteiger partial charge in [0.15, 0.2) is 0 Å². The largest absolute Gasteiger partial charge is 0.243 e. The third kappa shape index (κ3) is 3.70. The number of halogens is 1. The second kappa shape index (κ2) is 6.01. The molecule has 0 fully saturated rings. The van der Waals surface area contributed by atoms with E-state index in [4.69, 9.17) is 18.0 Å². The zero-order valence-electron chi connectivity index (χ0n) is 9.35. The van der Waals surface area contributed by atoms with Gasteiger partial charge in [-0.05, 0) is 18.6 Å². The number of terminal acetylenes is 1. The number of aromatic nitrogens is 1. The molecule has 1 rings (SSSR count). The van der Waals surface area contributed by atoms with Gasteiger partial charge in [0.05, 0.1) is 0 Å². The van der Waals surface area contributed by atoms with Gasteiger partial charge in [-0.25, -0.2) is 18.1 Å². The predicted octanol–water partition coefficient (Wildman–Crippen LogP) is 1.82. The second-order valence-electron chi connectivity index (χ2n) is 3.43. The quantitative estimate of drug-likeness (QED) is 0.657. The lowest BCUT2D eigenvalue weighted by molar-refractivity contribution is 0.544. The molecule has 0 aromatic carbocycles. The smallest absolute Gasteiger partial charge is 0.243 e. The van der Waals surface area contributed by atoms with Crippen molar-refractivity contribution in [3.05, 3.63) is 23.5 Å². The van der Waals surface area contributed by atoms with Crippen LogP contribution in [0.25, 0.3) is 0 Å². The van der Waals surface area contributed by atoms with Crippen LogP contribution in [0.2, 0.25) is 5.15 Å². The highest BCUT2D eigenvalue weighted by Gasteiger charge is 2.21. The third-order valence-corrected chi connectivity index (χ3v) is 4.16. The van der Waals surface area contributed by atoms with Crippen molar-refractivity contribution in [3.8, 4) is 12.3 Å². The maximum atomic E-state index is 12.0. The van der Waals surface area contributed by atoms with E-state index in [0.29, 0.717) is 12.8 Å². The molecular formula is C11H13ClN2O2S. The molecule has 0 spiro atoms. The molecule has 0 aliphatic heterocycles. The molecule has 1 N–H and O–H groups in total. The van der Waals surface area contributed by atoms with Crippen molar-refractivity contribution in [1.82, 2.24) is 9.71 Å². The highest BCUT2D eigenvalue weighted by Crippen LogP contribution is 2.18. The number of nitrogens with zero attached hydrogens (tertiary/aromatic N) is 1. The summed E-state index contributed by atoms with van der Waals surface area (Å²) in [6.45, 7) is 1.86. The maximum Gasteiger partial charge on any atom is 0.243 e. The highest BCUT2D eigenvalue weighted by atomic mass is 35.5. The Balaban J connectivity index is 2.97. The van der Waals surface area contributed by atoms with Crippen LogP contribution in [0.4, 0.5) is 0 Å². The van der Waals surface area contributed by atoms with Crippen LogP contribution in [0.15, 0.2) is 23.2 Å². The fourth-order valence-electron chi connectivity index (χ4n) is 1.27. The number of hydrogen-bond acceptors (Lipinski definition) is 3. The van der Waals surface area contributed by atoms with Gasteiger partial charge in [-0.15, -0.1) is 12.3 Å². The first-order valence-electron chi connectivity index (χ1n) is 5.07. The summed E-state index contributed by atoms with van der Waals surface area (Å²) in [7, 11) is -3.66. The molecule has 0 aliphatic carbocycles. The Labute approximate surface area is 106 Å². The molecule has 0 amide bonds. The summed E-state index contributed by atoms with van der Waals surface area (Å²) in [6, 6.07) is 2.63. The van der Waals surface area contributed by atoms with E-state index in [1.165, 1.54) is 18.3 Å². The summed E-state index contributed by atoms with van der Waals surface area (Å²) in [5.41, 5.74) is 0. The average molecular weight is 273 g/mol. The Bertz CT molecular complexity index is 523. The van der Waals surface area contributed by atoms with Gasteiger partial charge in [-0.3, -0.25) is 0 Å². The van der Waals surface area contributed by atoms with E-state index in [1.807, 2.05) is 6.92 Å². The zero-order chi connectivity index (χ0) is 12.9. The van der Waals surface area contributed by atoms with Gasteiger partial charge < -0.3 is 0 Å². The molecule has 17 heavy (non-hydrogen) atoms. The Kier molecular flexibility index (Phi) is 4.94. The summed E-state index contributed by atoms with van der Waals surface area (Å²) in [5, 5.41) is -0.0458. The van der Waals surface area contributed by atoms with Gasteiger partial charge in [0, 0.05) is 18.7 Å². The molecule has 0 saturated carbocycles. The van der Waals surface area contributed by atoms with Crippen molar-refractivity contribution < 1.29 is 8.42 Å². The van der Waals surface area contributed by atoms with Gasteiger partial charge in [-0.2, -0.15) is 0 Å². The molecule has 1 unspecified atom stereocenters. The van der Waals surface area contributed by atoms with E-state index in [9.17, 15) is 8.42 Å². The standard InChI is InChI=1S/C11H13ClN2O2S/c1-3-6-9(4-2)14-17(15,16)10-7-5-8-13-11(10)12/h1,5,7-9,14H,4,6H2,2H3. The molecule has 6 heteroatoms. The number of pyridine rings is 1. The van der Waals surface area contributed by atoms with Crippen molar-refractivity contribution in [1.29, 1.82) is 0 Å². The first-order valence-corrected chi connectivity index (χ1v) is 6.93. The topological polar surface area (TPSA) is 59.1 Å². The Morgan fingerprint density at radius 2 is 2.35 bits per heavy atom. The minimum atomic E-state index is -3.66. The summed E-state index contributed by atoms with van der Waals surface area (Å²) in [6.07, 6.45) is 7.55. The lowest BCUT2D eigenvalue weighted by Crippen LogP contribution is -2.34. The Hall–Kier alpha value is -1.09. The van der Waals surface area contributed by atoms with E-state index in [-0.39, 0.29) is 16.1 Å². The molecular weight excluding hydrogens is 260 g/mol. The van der Waals surface area contributed by atoms with Crippen LogP contribution in [0.5, 0.6) is 0 Å². The van der Waals surface area contributed by atoms with E-state index in [0.717, 1.165) is 0 Å². The molecule has 0 aliphatic rings. The predicted molar refractivity (Wildman–Crippen MR) is 67.1 cm³/mol. The van der Waals surface area contributed by atoms with Gasteiger partial charge in [0.25, 0.3) is 0 Å². The third-order valence-electron chi connectivity index (χ3n) is 2.19. The van der Waals surface area contributed by atoms with E-state index in [1.54, 1.807) is 0 Å². The molecule has 1 heterocycles. The van der Waals surface area contributed by atoms with Crippen LogP contribution in [0.1, 0.15) is 19.8 Å². The van der Waals surface area contributed by atoms with Crippen LogP contribution < -0.4 is 4.72 Å². The summed E-state index contributed by atoms with van der Waals surface area (Å²) < 4.78 is 26.5. The van der Waals surface area contributed by atoms with E-state index >= 15 is 0 Å². The van der Waals surface area contributed by atoms with Crippen LogP contribution in [-0.2, 0) is 10.0 Å². The first kappa shape index (κ1) is 14.0. The van der Waals surface area contributed by atoms with E-state index < -0.39 is 10.0 Å². The molecule has 0 radical (unpaired) electrons. The lowest BCUT2D eigenvalue weighted by Gasteiger charge is -2.14. The SMILES string of the molecule is C#CCC(CC)NS(=O)(=O)c1cccnc1Cl. The molecule has 1 aromatic heterocycles. The van der Waals surface area contributed by atoms with E-state index in [2.05, 4.69) is 15.6 Å². The highest BCUT2D eigenvalue weighted by molar-refractivity contribution is 7.89.